The molecule has 0 aromatic carbocycles. The Labute approximate surface area is 121 Å². The van der Waals surface area contributed by atoms with Gasteiger partial charge in [0.25, 0.3) is 10.2 Å². The van der Waals surface area contributed by atoms with Crippen LogP contribution in [-0.2, 0) is 19.7 Å². The average molecular weight is 304 g/mol. The van der Waals surface area contributed by atoms with Gasteiger partial charge in [-0.05, 0) is 31.6 Å². The van der Waals surface area contributed by atoms with Crippen molar-refractivity contribution < 1.29 is 17.9 Å². The Morgan fingerprint density at radius 2 is 1.45 bits per heavy atom. The standard InChI is InChI=1S/C13H24N2O4S/c1-11-3-7-14(8-4-11)20(17,18)15-9-5-12(6-10-15)13(16)19-2/h11-12H,3-10H2,1-2H3. The maximum atomic E-state index is 12.5. The van der Waals surface area contributed by atoms with Gasteiger partial charge in [0.05, 0.1) is 13.0 Å². The Kier molecular flexibility index (Phi) is 5.04. The number of hydrogen-bond acceptors (Lipinski definition) is 4. The van der Waals surface area contributed by atoms with Gasteiger partial charge in [0.15, 0.2) is 0 Å². The van der Waals surface area contributed by atoms with E-state index in [2.05, 4.69) is 6.92 Å². The van der Waals surface area contributed by atoms with Crippen LogP contribution in [0, 0.1) is 11.8 Å². The van der Waals surface area contributed by atoms with Gasteiger partial charge in [-0.15, -0.1) is 0 Å². The van der Waals surface area contributed by atoms with Gasteiger partial charge in [0, 0.05) is 26.2 Å². The summed E-state index contributed by atoms with van der Waals surface area (Å²) in [6.45, 7) is 4.20. The predicted octanol–water partition coefficient (Wildman–Crippen LogP) is 0.848. The van der Waals surface area contributed by atoms with Crippen LogP contribution in [-0.4, -0.2) is 56.3 Å². The van der Waals surface area contributed by atoms with Crippen molar-refractivity contribution in [3.05, 3.63) is 0 Å². The fraction of sp³-hybridized carbons (Fsp3) is 0.923. The number of hydrogen-bond donors (Lipinski definition) is 0. The van der Waals surface area contributed by atoms with Crippen molar-refractivity contribution >= 4 is 16.2 Å². The molecule has 2 fully saturated rings. The first-order chi connectivity index (χ1) is 9.45. The molecule has 0 aromatic heterocycles. The SMILES string of the molecule is COC(=O)C1CCN(S(=O)(=O)N2CCC(C)CC2)CC1. The van der Waals surface area contributed by atoms with Crippen LogP contribution in [0.25, 0.3) is 0 Å². The zero-order valence-corrected chi connectivity index (χ0v) is 13.1. The van der Waals surface area contributed by atoms with Crippen molar-refractivity contribution in [3.63, 3.8) is 0 Å². The molecule has 20 heavy (non-hydrogen) atoms. The highest BCUT2D eigenvalue weighted by Crippen LogP contribution is 2.25. The van der Waals surface area contributed by atoms with Gasteiger partial charge in [-0.25, -0.2) is 0 Å². The molecule has 0 aliphatic carbocycles. The van der Waals surface area contributed by atoms with Crippen LogP contribution >= 0.6 is 0 Å². The minimum absolute atomic E-state index is 0.159. The molecule has 0 radical (unpaired) electrons. The van der Waals surface area contributed by atoms with Crippen LogP contribution in [0.15, 0.2) is 0 Å². The first-order valence-corrected chi connectivity index (χ1v) is 8.68. The van der Waals surface area contributed by atoms with Crippen molar-refractivity contribution in [2.24, 2.45) is 11.8 Å². The summed E-state index contributed by atoms with van der Waals surface area (Å²) >= 11 is 0. The lowest BCUT2D eigenvalue weighted by Gasteiger charge is -2.36. The number of carbonyl (C=O) groups is 1. The number of nitrogens with zero attached hydrogens (tertiary/aromatic N) is 2. The summed E-state index contributed by atoms with van der Waals surface area (Å²) in [5, 5.41) is 0. The van der Waals surface area contributed by atoms with E-state index in [1.165, 1.54) is 11.4 Å². The van der Waals surface area contributed by atoms with Crippen LogP contribution in [0.1, 0.15) is 32.6 Å². The third kappa shape index (κ3) is 3.32. The Bertz CT molecular complexity index is 435. The molecule has 2 rings (SSSR count). The molecule has 6 nitrogen and oxygen atoms in total. The Balaban J connectivity index is 1.93. The number of rotatable bonds is 3. The summed E-state index contributed by atoms with van der Waals surface area (Å²) in [4.78, 5) is 11.5. The summed E-state index contributed by atoms with van der Waals surface area (Å²) < 4.78 is 32.9. The zero-order valence-electron chi connectivity index (χ0n) is 12.2. The Morgan fingerprint density at radius 1 is 1.00 bits per heavy atom. The van der Waals surface area contributed by atoms with E-state index in [1.807, 2.05) is 0 Å². The minimum atomic E-state index is -3.35. The molecule has 0 spiro atoms. The molecule has 0 unspecified atom stereocenters. The van der Waals surface area contributed by atoms with E-state index in [4.69, 9.17) is 4.74 Å². The van der Waals surface area contributed by atoms with Gasteiger partial charge in [0.2, 0.25) is 0 Å². The fourth-order valence-electron chi connectivity index (χ4n) is 2.87. The predicted molar refractivity (Wildman–Crippen MR) is 75.2 cm³/mol. The van der Waals surface area contributed by atoms with E-state index in [0.29, 0.717) is 44.9 Å². The number of carbonyl (C=O) groups excluding carboxylic acids is 1. The monoisotopic (exact) mass is 304 g/mol. The van der Waals surface area contributed by atoms with Gasteiger partial charge in [-0.1, -0.05) is 6.92 Å². The van der Waals surface area contributed by atoms with E-state index in [-0.39, 0.29) is 11.9 Å². The van der Waals surface area contributed by atoms with Crippen LogP contribution in [0.3, 0.4) is 0 Å². The molecule has 0 aromatic rings. The molecule has 2 aliphatic rings. The third-order valence-electron chi connectivity index (χ3n) is 4.38. The molecule has 116 valence electrons. The highest BCUT2D eigenvalue weighted by molar-refractivity contribution is 7.86. The summed E-state index contributed by atoms with van der Waals surface area (Å²) in [5.41, 5.74) is 0. The summed E-state index contributed by atoms with van der Waals surface area (Å²) in [5.74, 6) is 0.216. The van der Waals surface area contributed by atoms with E-state index >= 15 is 0 Å². The smallest absolute Gasteiger partial charge is 0.308 e. The highest BCUT2D eigenvalue weighted by atomic mass is 32.2. The molecule has 2 saturated heterocycles. The lowest BCUT2D eigenvalue weighted by atomic mass is 9.99. The molecule has 2 heterocycles. The van der Waals surface area contributed by atoms with E-state index in [1.54, 1.807) is 4.31 Å². The van der Waals surface area contributed by atoms with Crippen LogP contribution in [0.4, 0.5) is 0 Å². The number of esters is 1. The largest absolute Gasteiger partial charge is 0.469 e. The van der Waals surface area contributed by atoms with Crippen molar-refractivity contribution in [2.45, 2.75) is 32.6 Å². The quantitative estimate of drug-likeness (QED) is 0.725. The number of ether oxygens (including phenoxy) is 1. The minimum Gasteiger partial charge on any atom is -0.469 e. The lowest BCUT2D eigenvalue weighted by molar-refractivity contribution is -0.146. The molecule has 0 atom stereocenters. The molecule has 2 aliphatic heterocycles. The average Bonchev–Trinajstić information content (AvgIpc) is 2.47. The Hall–Kier alpha value is -0.660. The fourth-order valence-corrected chi connectivity index (χ4v) is 4.54. The van der Waals surface area contributed by atoms with Gasteiger partial charge in [-0.3, -0.25) is 4.79 Å². The van der Waals surface area contributed by atoms with E-state index < -0.39 is 10.2 Å². The van der Waals surface area contributed by atoms with Crippen LogP contribution in [0.2, 0.25) is 0 Å². The van der Waals surface area contributed by atoms with Crippen molar-refractivity contribution in [2.75, 3.05) is 33.3 Å². The summed E-state index contributed by atoms with van der Waals surface area (Å²) in [7, 11) is -1.97. The molecular formula is C13H24N2O4S. The molecule has 7 heteroatoms. The van der Waals surface area contributed by atoms with Gasteiger partial charge in [0.1, 0.15) is 0 Å². The summed E-state index contributed by atoms with van der Waals surface area (Å²) in [6.07, 6.45) is 2.96. The lowest BCUT2D eigenvalue weighted by Crippen LogP contribution is -2.50. The molecule has 0 saturated carbocycles. The number of piperidine rings is 2. The maximum absolute atomic E-state index is 12.5. The molecular weight excluding hydrogens is 280 g/mol. The Morgan fingerprint density at radius 3 is 1.90 bits per heavy atom. The normalized spacial score (nSPS) is 24.7. The molecule has 0 N–H and O–H groups in total. The second kappa shape index (κ2) is 6.41. The van der Waals surface area contributed by atoms with Gasteiger partial charge < -0.3 is 4.74 Å². The maximum Gasteiger partial charge on any atom is 0.308 e. The van der Waals surface area contributed by atoms with Gasteiger partial charge >= 0.3 is 5.97 Å². The first kappa shape index (κ1) is 15.7. The van der Waals surface area contributed by atoms with E-state index in [0.717, 1.165) is 12.8 Å². The topological polar surface area (TPSA) is 66.9 Å². The van der Waals surface area contributed by atoms with Crippen molar-refractivity contribution in [1.82, 2.24) is 8.61 Å². The van der Waals surface area contributed by atoms with E-state index in [9.17, 15) is 13.2 Å². The molecule has 0 bridgehead atoms. The van der Waals surface area contributed by atoms with Crippen molar-refractivity contribution in [1.29, 1.82) is 0 Å². The highest BCUT2D eigenvalue weighted by Gasteiger charge is 2.36. The number of methoxy groups -OCH3 is 1. The van der Waals surface area contributed by atoms with Crippen molar-refractivity contribution in [3.8, 4) is 0 Å². The second-order valence-corrected chi connectivity index (χ2v) is 7.71. The van der Waals surface area contributed by atoms with Crippen LogP contribution < -0.4 is 0 Å². The first-order valence-electron chi connectivity index (χ1n) is 7.28. The third-order valence-corrected chi connectivity index (χ3v) is 6.42. The molecule has 0 amide bonds. The summed E-state index contributed by atoms with van der Waals surface area (Å²) in [6, 6.07) is 0. The van der Waals surface area contributed by atoms with Gasteiger partial charge in [-0.2, -0.15) is 17.0 Å². The van der Waals surface area contributed by atoms with Crippen LogP contribution in [0.5, 0.6) is 0 Å². The zero-order chi connectivity index (χ0) is 14.8. The second-order valence-electron chi connectivity index (χ2n) is 5.79.